The molecule has 0 saturated heterocycles. The second-order valence-corrected chi connectivity index (χ2v) is 6.38. The number of carbonyl (C=O) groups excluding carboxylic acids is 1. The molecule has 1 heterocycles. The Kier molecular flexibility index (Phi) is 4.03. The molecule has 0 radical (unpaired) electrons. The van der Waals surface area contributed by atoms with Crippen molar-refractivity contribution in [2.24, 2.45) is 0 Å². The number of nitro benzene ring substituents is 1. The van der Waals surface area contributed by atoms with Crippen LogP contribution in [0, 0.1) is 10.1 Å². The molecule has 1 aliphatic rings. The van der Waals surface area contributed by atoms with Gasteiger partial charge in [-0.1, -0.05) is 0 Å². The number of nitrogens with zero attached hydrogens (tertiary/aromatic N) is 2. The molecule has 2 rings (SSSR count). The van der Waals surface area contributed by atoms with Crippen LogP contribution in [-0.4, -0.2) is 39.2 Å². The largest absolute Gasteiger partial charge is 0.387 e. The first-order valence-corrected chi connectivity index (χ1v) is 7.03. The Morgan fingerprint density at radius 1 is 1.57 bits per heavy atom. The van der Waals surface area contributed by atoms with Crippen LogP contribution >= 0.6 is 15.9 Å². The van der Waals surface area contributed by atoms with Gasteiger partial charge in [0.15, 0.2) is 0 Å². The van der Waals surface area contributed by atoms with E-state index < -0.39 is 22.6 Å². The lowest BCUT2D eigenvalue weighted by Gasteiger charge is -2.26. The molecule has 1 aromatic rings. The minimum atomic E-state index is -1.60. The first kappa shape index (κ1) is 15.8. The quantitative estimate of drug-likeness (QED) is 0.660. The molecule has 1 amide bonds. The SMILES string of the molecule is CC(C)(O)[C@@H](F)CN1Cc2cc([N+](=O)[O-])c(Br)cc2C1=O. The van der Waals surface area contributed by atoms with E-state index in [2.05, 4.69) is 15.9 Å². The topological polar surface area (TPSA) is 83.7 Å². The number of carbonyl (C=O) groups is 1. The van der Waals surface area contributed by atoms with Crippen molar-refractivity contribution < 1.29 is 19.2 Å². The van der Waals surface area contributed by atoms with E-state index in [1.165, 1.54) is 30.9 Å². The summed E-state index contributed by atoms with van der Waals surface area (Å²) in [5.41, 5.74) is -0.891. The summed E-state index contributed by atoms with van der Waals surface area (Å²) in [5, 5.41) is 20.5. The predicted molar refractivity (Wildman–Crippen MR) is 76.7 cm³/mol. The van der Waals surface area contributed by atoms with Crippen molar-refractivity contribution in [2.45, 2.75) is 32.2 Å². The highest BCUT2D eigenvalue weighted by atomic mass is 79.9. The van der Waals surface area contributed by atoms with Gasteiger partial charge >= 0.3 is 0 Å². The van der Waals surface area contributed by atoms with Gasteiger partial charge in [-0.05, 0) is 41.4 Å². The third kappa shape index (κ3) is 3.06. The van der Waals surface area contributed by atoms with E-state index in [0.717, 1.165) is 0 Å². The highest BCUT2D eigenvalue weighted by Gasteiger charge is 2.35. The molecule has 0 unspecified atom stereocenters. The van der Waals surface area contributed by atoms with Crippen LogP contribution in [0.5, 0.6) is 0 Å². The molecule has 0 bridgehead atoms. The van der Waals surface area contributed by atoms with Gasteiger partial charge in [-0.15, -0.1) is 0 Å². The summed E-state index contributed by atoms with van der Waals surface area (Å²) in [6.45, 7) is 2.49. The van der Waals surface area contributed by atoms with E-state index in [0.29, 0.717) is 11.1 Å². The molecule has 0 aromatic heterocycles. The predicted octanol–water partition coefficient (Wildman–Crippen LogP) is 2.42. The van der Waals surface area contributed by atoms with Crippen molar-refractivity contribution in [1.82, 2.24) is 4.90 Å². The highest BCUT2D eigenvalue weighted by molar-refractivity contribution is 9.10. The summed E-state index contributed by atoms with van der Waals surface area (Å²) in [6.07, 6.45) is -1.60. The standard InChI is InChI=1S/C13H14BrFN2O4/c1-13(2,19)11(15)6-16-5-7-3-10(17(20)21)9(14)4-8(7)12(16)18/h3-4,11,19H,5-6H2,1-2H3/t11-/m0/s1. The average molecular weight is 361 g/mol. The highest BCUT2D eigenvalue weighted by Crippen LogP contribution is 2.33. The number of benzene rings is 1. The molecule has 1 aliphatic heterocycles. The molecule has 1 aromatic carbocycles. The second kappa shape index (κ2) is 5.34. The first-order valence-electron chi connectivity index (χ1n) is 6.23. The maximum Gasteiger partial charge on any atom is 0.283 e. The molecule has 8 heteroatoms. The second-order valence-electron chi connectivity index (χ2n) is 5.52. The number of amides is 1. The van der Waals surface area contributed by atoms with Crippen LogP contribution in [0.15, 0.2) is 16.6 Å². The van der Waals surface area contributed by atoms with E-state index in [4.69, 9.17) is 0 Å². The molecule has 21 heavy (non-hydrogen) atoms. The molecule has 0 aliphatic carbocycles. The van der Waals surface area contributed by atoms with Crippen LogP contribution in [0.25, 0.3) is 0 Å². The lowest BCUT2D eigenvalue weighted by atomic mass is 10.0. The number of halogens is 2. The Morgan fingerprint density at radius 3 is 2.71 bits per heavy atom. The van der Waals surface area contributed by atoms with Gasteiger partial charge < -0.3 is 10.0 Å². The van der Waals surface area contributed by atoms with E-state index in [-0.39, 0.29) is 23.2 Å². The van der Waals surface area contributed by atoms with Crippen LogP contribution in [0.3, 0.4) is 0 Å². The molecule has 1 atom stereocenters. The Labute approximate surface area is 128 Å². The molecular formula is C13H14BrFN2O4. The van der Waals surface area contributed by atoms with Gasteiger partial charge in [0.25, 0.3) is 11.6 Å². The van der Waals surface area contributed by atoms with E-state index >= 15 is 0 Å². The van der Waals surface area contributed by atoms with E-state index in [1.54, 1.807) is 0 Å². The summed E-state index contributed by atoms with van der Waals surface area (Å²) in [4.78, 5) is 23.7. The average Bonchev–Trinajstić information content (AvgIpc) is 2.64. The third-order valence-corrected chi connectivity index (χ3v) is 4.03. The van der Waals surface area contributed by atoms with Gasteiger partial charge in [0.2, 0.25) is 0 Å². The number of rotatable bonds is 4. The van der Waals surface area contributed by atoms with E-state index in [9.17, 15) is 24.4 Å². The number of aliphatic hydroxyl groups is 1. The summed E-state index contributed by atoms with van der Waals surface area (Å²) < 4.78 is 14.1. The Bertz CT molecular complexity index is 615. The van der Waals surface area contributed by atoms with Crippen LogP contribution in [0.4, 0.5) is 10.1 Å². The number of fused-ring (bicyclic) bond motifs is 1. The van der Waals surface area contributed by atoms with Crippen LogP contribution in [0.2, 0.25) is 0 Å². The van der Waals surface area contributed by atoms with Crippen molar-refractivity contribution in [3.63, 3.8) is 0 Å². The molecule has 0 fully saturated rings. The van der Waals surface area contributed by atoms with Gasteiger partial charge in [-0.2, -0.15) is 0 Å². The van der Waals surface area contributed by atoms with E-state index in [1.807, 2.05) is 0 Å². The number of nitro groups is 1. The van der Waals surface area contributed by atoms with Crippen molar-refractivity contribution >= 4 is 27.5 Å². The fraction of sp³-hybridized carbons (Fsp3) is 0.462. The van der Waals surface area contributed by atoms with Gasteiger partial charge in [0.05, 0.1) is 21.5 Å². The van der Waals surface area contributed by atoms with Gasteiger partial charge in [0, 0.05) is 18.2 Å². The molecule has 6 nitrogen and oxygen atoms in total. The normalized spacial score (nSPS) is 16.0. The maximum absolute atomic E-state index is 13.9. The molecule has 0 saturated carbocycles. The van der Waals surface area contributed by atoms with Crippen molar-refractivity contribution in [1.29, 1.82) is 0 Å². The van der Waals surface area contributed by atoms with Crippen molar-refractivity contribution in [2.75, 3.05) is 6.54 Å². The fourth-order valence-electron chi connectivity index (χ4n) is 2.09. The summed E-state index contributed by atoms with van der Waals surface area (Å²) >= 11 is 3.05. The van der Waals surface area contributed by atoms with Gasteiger partial charge in [-0.3, -0.25) is 14.9 Å². The Morgan fingerprint density at radius 2 is 2.19 bits per heavy atom. The van der Waals surface area contributed by atoms with Crippen LogP contribution in [-0.2, 0) is 6.54 Å². The summed E-state index contributed by atoms with van der Waals surface area (Å²) in [5.74, 6) is -0.396. The minimum Gasteiger partial charge on any atom is -0.387 e. The summed E-state index contributed by atoms with van der Waals surface area (Å²) in [6, 6.07) is 2.70. The lowest BCUT2D eigenvalue weighted by molar-refractivity contribution is -0.385. The molecular weight excluding hydrogens is 347 g/mol. The summed E-state index contributed by atoms with van der Waals surface area (Å²) in [7, 11) is 0. The zero-order chi connectivity index (χ0) is 15.9. The van der Waals surface area contributed by atoms with Crippen LogP contribution in [0.1, 0.15) is 29.8 Å². The first-order chi connectivity index (χ1) is 9.61. The maximum atomic E-state index is 13.9. The fourth-order valence-corrected chi connectivity index (χ4v) is 2.58. The Hall–Kier alpha value is -1.54. The number of alkyl halides is 1. The zero-order valence-electron chi connectivity index (χ0n) is 11.5. The lowest BCUT2D eigenvalue weighted by Crippen LogP contribution is -2.42. The monoisotopic (exact) mass is 360 g/mol. The Balaban J connectivity index is 2.26. The van der Waals surface area contributed by atoms with Gasteiger partial charge in [-0.25, -0.2) is 4.39 Å². The van der Waals surface area contributed by atoms with Crippen molar-refractivity contribution in [3.05, 3.63) is 37.8 Å². The smallest absolute Gasteiger partial charge is 0.283 e. The number of hydrogen-bond donors (Lipinski definition) is 1. The third-order valence-electron chi connectivity index (χ3n) is 3.40. The van der Waals surface area contributed by atoms with Crippen molar-refractivity contribution in [3.8, 4) is 0 Å². The van der Waals surface area contributed by atoms with Gasteiger partial charge in [0.1, 0.15) is 6.17 Å². The minimum absolute atomic E-state index is 0.0960. The number of hydrogen-bond acceptors (Lipinski definition) is 4. The molecule has 0 spiro atoms. The molecule has 114 valence electrons. The zero-order valence-corrected chi connectivity index (χ0v) is 13.1. The van der Waals surface area contributed by atoms with Crippen LogP contribution < -0.4 is 0 Å². The molecule has 1 N–H and O–H groups in total.